The second kappa shape index (κ2) is 6.71. The molecule has 0 bridgehead atoms. The first kappa shape index (κ1) is 14.1. The lowest BCUT2D eigenvalue weighted by Gasteiger charge is -2.25. The highest BCUT2D eigenvalue weighted by atomic mass is 16.3. The van der Waals surface area contributed by atoms with Gasteiger partial charge >= 0.3 is 0 Å². The molecule has 0 atom stereocenters. The first-order valence-corrected chi connectivity index (χ1v) is 7.24. The van der Waals surface area contributed by atoms with E-state index in [-0.39, 0.29) is 12.0 Å². The third kappa shape index (κ3) is 4.06. The van der Waals surface area contributed by atoms with Gasteiger partial charge in [-0.2, -0.15) is 0 Å². The van der Waals surface area contributed by atoms with Crippen molar-refractivity contribution in [1.82, 2.24) is 5.32 Å². The van der Waals surface area contributed by atoms with E-state index in [9.17, 15) is 9.90 Å². The summed E-state index contributed by atoms with van der Waals surface area (Å²) in [6, 6.07) is 7.79. The van der Waals surface area contributed by atoms with Gasteiger partial charge in [0.2, 0.25) is 0 Å². The van der Waals surface area contributed by atoms with Gasteiger partial charge in [-0.25, -0.2) is 0 Å². The number of carbonyl (C=O) groups excluding carboxylic acids is 1. The maximum absolute atomic E-state index is 12.0. The molecule has 0 unspecified atom stereocenters. The number of nitrogens with one attached hydrogen (secondary N) is 1. The Kier molecular flexibility index (Phi) is 4.97. The highest BCUT2D eigenvalue weighted by Gasteiger charge is 2.19. The van der Waals surface area contributed by atoms with Crippen LogP contribution >= 0.6 is 0 Å². The minimum Gasteiger partial charge on any atom is -0.393 e. The van der Waals surface area contributed by atoms with Crippen LogP contribution in [0.3, 0.4) is 0 Å². The van der Waals surface area contributed by atoms with Gasteiger partial charge < -0.3 is 10.4 Å². The second-order valence-electron chi connectivity index (χ2n) is 5.44. The maximum atomic E-state index is 12.0. The Bertz CT molecular complexity index is 405. The van der Waals surface area contributed by atoms with E-state index in [0.717, 1.165) is 44.2 Å². The van der Waals surface area contributed by atoms with Gasteiger partial charge in [-0.05, 0) is 55.7 Å². The quantitative estimate of drug-likeness (QED) is 0.875. The number of hydrogen-bond donors (Lipinski definition) is 2. The molecule has 19 heavy (non-hydrogen) atoms. The minimum absolute atomic E-state index is 0.00813. The van der Waals surface area contributed by atoms with Crippen LogP contribution < -0.4 is 5.32 Å². The van der Waals surface area contributed by atoms with Gasteiger partial charge in [-0.1, -0.05) is 19.1 Å². The molecule has 0 aromatic heterocycles. The Morgan fingerprint density at radius 3 is 2.42 bits per heavy atom. The Hall–Kier alpha value is -1.35. The molecule has 2 N–H and O–H groups in total. The molecule has 1 aromatic rings. The summed E-state index contributed by atoms with van der Waals surface area (Å²) in [5, 5.41) is 12.4. The van der Waals surface area contributed by atoms with Crippen molar-refractivity contribution < 1.29 is 9.90 Å². The zero-order valence-corrected chi connectivity index (χ0v) is 11.6. The number of aliphatic hydroxyl groups is 1. The van der Waals surface area contributed by atoms with Crippen molar-refractivity contribution in [2.45, 2.75) is 45.1 Å². The predicted octanol–water partition coefficient (Wildman–Crippen LogP) is 2.53. The Balaban J connectivity index is 1.80. The Labute approximate surface area is 115 Å². The molecule has 0 aliphatic heterocycles. The van der Waals surface area contributed by atoms with E-state index in [1.807, 2.05) is 24.3 Å². The van der Waals surface area contributed by atoms with E-state index >= 15 is 0 Å². The summed E-state index contributed by atoms with van der Waals surface area (Å²) in [6.07, 6.45) is 4.62. The van der Waals surface area contributed by atoms with Crippen molar-refractivity contribution in [2.75, 3.05) is 6.54 Å². The molecule has 0 saturated heterocycles. The SMILES string of the molecule is CCc1ccc(C(=O)NCC2CCC(O)CC2)cc1. The third-order valence-electron chi connectivity index (χ3n) is 3.99. The lowest BCUT2D eigenvalue weighted by molar-refractivity contribution is 0.0910. The molecule has 1 aliphatic carbocycles. The van der Waals surface area contributed by atoms with E-state index in [1.54, 1.807) is 0 Å². The molecule has 1 amide bonds. The van der Waals surface area contributed by atoms with Crippen LogP contribution in [-0.2, 0) is 6.42 Å². The Morgan fingerprint density at radius 1 is 1.21 bits per heavy atom. The summed E-state index contributed by atoms with van der Waals surface area (Å²) >= 11 is 0. The third-order valence-corrected chi connectivity index (χ3v) is 3.99. The number of rotatable bonds is 4. The van der Waals surface area contributed by atoms with Gasteiger partial charge in [0, 0.05) is 12.1 Å². The van der Waals surface area contributed by atoms with Crippen LogP contribution in [0.4, 0.5) is 0 Å². The number of hydrogen-bond acceptors (Lipinski definition) is 2. The van der Waals surface area contributed by atoms with Crippen LogP contribution in [0.5, 0.6) is 0 Å². The van der Waals surface area contributed by atoms with Gasteiger partial charge in [0.25, 0.3) is 5.91 Å². The van der Waals surface area contributed by atoms with Crippen LogP contribution in [0.15, 0.2) is 24.3 Å². The summed E-state index contributed by atoms with van der Waals surface area (Å²) in [5.74, 6) is 0.524. The van der Waals surface area contributed by atoms with E-state index < -0.39 is 0 Å². The zero-order valence-electron chi connectivity index (χ0n) is 11.6. The first-order valence-electron chi connectivity index (χ1n) is 7.24. The molecule has 2 rings (SSSR count). The highest BCUT2D eigenvalue weighted by Crippen LogP contribution is 2.23. The highest BCUT2D eigenvalue weighted by molar-refractivity contribution is 5.94. The van der Waals surface area contributed by atoms with E-state index in [2.05, 4.69) is 12.2 Å². The summed E-state index contributed by atoms with van der Waals surface area (Å²) in [4.78, 5) is 12.0. The van der Waals surface area contributed by atoms with E-state index in [0.29, 0.717) is 5.92 Å². The van der Waals surface area contributed by atoms with Crippen molar-refractivity contribution in [3.63, 3.8) is 0 Å². The first-order chi connectivity index (χ1) is 9.19. The molecule has 1 aromatic carbocycles. The molecular weight excluding hydrogens is 238 g/mol. The molecule has 1 aliphatic rings. The van der Waals surface area contributed by atoms with Crippen molar-refractivity contribution in [3.8, 4) is 0 Å². The van der Waals surface area contributed by atoms with Gasteiger partial charge in [-0.15, -0.1) is 0 Å². The van der Waals surface area contributed by atoms with Crippen molar-refractivity contribution in [3.05, 3.63) is 35.4 Å². The molecule has 1 fully saturated rings. The van der Waals surface area contributed by atoms with Crippen LogP contribution in [0.1, 0.15) is 48.5 Å². The average molecular weight is 261 g/mol. The number of aryl methyl sites for hydroxylation is 1. The molecule has 0 spiro atoms. The smallest absolute Gasteiger partial charge is 0.251 e. The van der Waals surface area contributed by atoms with Gasteiger partial charge in [-0.3, -0.25) is 4.79 Å². The van der Waals surface area contributed by atoms with E-state index in [4.69, 9.17) is 0 Å². The lowest BCUT2D eigenvalue weighted by Crippen LogP contribution is -2.32. The van der Waals surface area contributed by atoms with Crippen LogP contribution in [0.25, 0.3) is 0 Å². The Morgan fingerprint density at radius 2 is 1.84 bits per heavy atom. The van der Waals surface area contributed by atoms with Gasteiger partial charge in [0.15, 0.2) is 0 Å². The second-order valence-corrected chi connectivity index (χ2v) is 5.44. The van der Waals surface area contributed by atoms with Gasteiger partial charge in [0.05, 0.1) is 6.10 Å². The maximum Gasteiger partial charge on any atom is 0.251 e. The van der Waals surface area contributed by atoms with Gasteiger partial charge in [0.1, 0.15) is 0 Å². The van der Waals surface area contributed by atoms with Crippen LogP contribution in [0.2, 0.25) is 0 Å². The lowest BCUT2D eigenvalue weighted by atomic mass is 9.87. The number of amides is 1. The molecule has 104 valence electrons. The molecule has 0 heterocycles. The minimum atomic E-state index is -0.131. The fourth-order valence-corrected chi connectivity index (χ4v) is 2.58. The fraction of sp³-hybridized carbons (Fsp3) is 0.562. The topological polar surface area (TPSA) is 49.3 Å². The van der Waals surface area contributed by atoms with Crippen LogP contribution in [0, 0.1) is 5.92 Å². The van der Waals surface area contributed by atoms with Crippen LogP contribution in [-0.4, -0.2) is 23.7 Å². The number of benzene rings is 1. The predicted molar refractivity (Wildman–Crippen MR) is 76.1 cm³/mol. The molecule has 1 saturated carbocycles. The van der Waals surface area contributed by atoms with Crippen molar-refractivity contribution in [2.24, 2.45) is 5.92 Å². The fourth-order valence-electron chi connectivity index (χ4n) is 2.58. The summed E-state index contributed by atoms with van der Waals surface area (Å²) in [6.45, 7) is 2.83. The zero-order chi connectivity index (χ0) is 13.7. The number of carbonyl (C=O) groups is 1. The molecular formula is C16H23NO2. The average Bonchev–Trinajstić information content (AvgIpc) is 2.46. The van der Waals surface area contributed by atoms with Crippen molar-refractivity contribution >= 4 is 5.91 Å². The molecule has 0 radical (unpaired) electrons. The monoisotopic (exact) mass is 261 g/mol. The summed E-state index contributed by atoms with van der Waals surface area (Å²) in [5.41, 5.74) is 1.98. The normalized spacial score (nSPS) is 23.1. The largest absolute Gasteiger partial charge is 0.393 e. The summed E-state index contributed by atoms with van der Waals surface area (Å²) < 4.78 is 0. The van der Waals surface area contributed by atoms with Crippen molar-refractivity contribution in [1.29, 1.82) is 0 Å². The molecule has 3 heteroatoms. The summed E-state index contributed by atoms with van der Waals surface area (Å²) in [7, 11) is 0. The molecule has 3 nitrogen and oxygen atoms in total. The standard InChI is InChI=1S/C16H23NO2/c1-2-12-3-7-14(8-4-12)16(19)17-11-13-5-9-15(18)10-6-13/h3-4,7-8,13,15,18H,2,5-6,9-11H2,1H3,(H,17,19). The number of aliphatic hydroxyl groups excluding tert-OH is 1. The van der Waals surface area contributed by atoms with E-state index in [1.165, 1.54) is 5.56 Å².